The lowest BCUT2D eigenvalue weighted by atomic mass is 10.1. The quantitative estimate of drug-likeness (QED) is 0.359. The highest BCUT2D eigenvalue weighted by Crippen LogP contribution is 2.28. The highest BCUT2D eigenvalue weighted by Gasteiger charge is 2.33. The minimum Gasteiger partial charge on any atom is -0.352 e. The number of nitrogens with one attached hydrogen (secondary N) is 1. The van der Waals surface area contributed by atoms with Crippen LogP contribution in [-0.2, 0) is 32.6 Å². The van der Waals surface area contributed by atoms with E-state index in [2.05, 4.69) is 5.32 Å². The number of nitrogens with zero attached hydrogens (tertiary/aromatic N) is 2. The first kappa shape index (κ1) is 29.2. The standard InChI is InChI=1S/C29H34ClN3O4S/c1-5-23-13-10-12-18-27(23)33(38(36,37)25-15-7-6-8-16-25)20-28(34)32(22(4)29(35)31-21(2)3)19-24-14-9-11-17-26(24)30/h6-18,21-22H,5,19-20H2,1-4H3,(H,31,35)/t22-/m1/s1. The Kier molecular flexibility index (Phi) is 9.94. The van der Waals surface area contributed by atoms with Crippen molar-refractivity contribution in [2.75, 3.05) is 10.8 Å². The van der Waals surface area contributed by atoms with E-state index in [1.807, 2.05) is 32.9 Å². The van der Waals surface area contributed by atoms with Gasteiger partial charge in [-0.05, 0) is 62.6 Å². The predicted molar refractivity (Wildman–Crippen MR) is 152 cm³/mol. The van der Waals surface area contributed by atoms with Crippen molar-refractivity contribution >= 4 is 39.1 Å². The third kappa shape index (κ3) is 6.94. The minimum absolute atomic E-state index is 0.0415. The molecular weight excluding hydrogens is 522 g/mol. The van der Waals surface area contributed by atoms with Crippen molar-refractivity contribution in [3.05, 3.63) is 95.0 Å². The number of rotatable bonds is 11. The normalized spacial score (nSPS) is 12.2. The fraction of sp³-hybridized carbons (Fsp3) is 0.310. The zero-order valence-corrected chi connectivity index (χ0v) is 23.7. The molecule has 7 nitrogen and oxygen atoms in total. The number of sulfonamides is 1. The monoisotopic (exact) mass is 555 g/mol. The maximum atomic E-state index is 13.9. The summed E-state index contributed by atoms with van der Waals surface area (Å²) in [5.41, 5.74) is 1.85. The van der Waals surface area contributed by atoms with Gasteiger partial charge in [0, 0.05) is 17.6 Å². The van der Waals surface area contributed by atoms with Gasteiger partial charge in [-0.15, -0.1) is 0 Å². The summed E-state index contributed by atoms with van der Waals surface area (Å²) in [7, 11) is -4.10. The van der Waals surface area contributed by atoms with Crippen molar-refractivity contribution in [1.29, 1.82) is 0 Å². The van der Waals surface area contributed by atoms with Crippen LogP contribution in [0.1, 0.15) is 38.8 Å². The van der Waals surface area contributed by atoms with E-state index < -0.39 is 28.5 Å². The van der Waals surface area contributed by atoms with E-state index in [4.69, 9.17) is 11.6 Å². The van der Waals surface area contributed by atoms with Crippen LogP contribution in [0.5, 0.6) is 0 Å². The summed E-state index contributed by atoms with van der Waals surface area (Å²) in [4.78, 5) is 28.4. The van der Waals surface area contributed by atoms with E-state index in [1.54, 1.807) is 61.5 Å². The fourth-order valence-corrected chi connectivity index (χ4v) is 5.75. The average Bonchev–Trinajstić information content (AvgIpc) is 2.90. The molecule has 3 rings (SSSR count). The molecule has 38 heavy (non-hydrogen) atoms. The number of aryl methyl sites for hydroxylation is 1. The number of hydrogen-bond donors (Lipinski definition) is 1. The molecule has 0 bridgehead atoms. The van der Waals surface area contributed by atoms with Crippen molar-refractivity contribution in [3.8, 4) is 0 Å². The van der Waals surface area contributed by atoms with Crippen LogP contribution in [0, 0.1) is 0 Å². The highest BCUT2D eigenvalue weighted by molar-refractivity contribution is 7.92. The molecule has 0 unspecified atom stereocenters. The van der Waals surface area contributed by atoms with Gasteiger partial charge in [0.25, 0.3) is 10.0 Å². The first-order valence-electron chi connectivity index (χ1n) is 12.5. The fourth-order valence-electron chi connectivity index (χ4n) is 4.08. The maximum Gasteiger partial charge on any atom is 0.264 e. The van der Waals surface area contributed by atoms with Crippen LogP contribution in [0.3, 0.4) is 0 Å². The van der Waals surface area contributed by atoms with E-state index in [0.29, 0.717) is 22.7 Å². The minimum atomic E-state index is -4.10. The summed E-state index contributed by atoms with van der Waals surface area (Å²) < 4.78 is 28.9. The van der Waals surface area contributed by atoms with Gasteiger partial charge in [0.2, 0.25) is 11.8 Å². The average molecular weight is 556 g/mol. The van der Waals surface area contributed by atoms with Gasteiger partial charge in [-0.25, -0.2) is 8.42 Å². The number of anilines is 1. The topological polar surface area (TPSA) is 86.8 Å². The lowest BCUT2D eigenvalue weighted by molar-refractivity contribution is -0.139. The Bertz CT molecular complexity index is 1360. The zero-order chi connectivity index (χ0) is 27.9. The molecule has 2 amide bonds. The molecule has 0 saturated carbocycles. The smallest absolute Gasteiger partial charge is 0.264 e. The summed E-state index contributed by atoms with van der Waals surface area (Å²) >= 11 is 6.39. The molecule has 0 fully saturated rings. The molecule has 0 radical (unpaired) electrons. The second kappa shape index (κ2) is 12.9. The second-order valence-electron chi connectivity index (χ2n) is 9.26. The molecule has 0 spiro atoms. The van der Waals surface area contributed by atoms with E-state index in [9.17, 15) is 18.0 Å². The van der Waals surface area contributed by atoms with Crippen LogP contribution < -0.4 is 9.62 Å². The van der Waals surface area contributed by atoms with Crippen molar-refractivity contribution in [2.24, 2.45) is 0 Å². The van der Waals surface area contributed by atoms with Gasteiger partial charge >= 0.3 is 0 Å². The molecule has 3 aromatic rings. The molecule has 202 valence electrons. The molecule has 9 heteroatoms. The van der Waals surface area contributed by atoms with Gasteiger partial charge in [0.1, 0.15) is 12.6 Å². The Morgan fingerprint density at radius 2 is 1.45 bits per heavy atom. The number of benzene rings is 3. The van der Waals surface area contributed by atoms with E-state index in [1.165, 1.54) is 17.0 Å². The van der Waals surface area contributed by atoms with E-state index in [0.717, 1.165) is 9.87 Å². The van der Waals surface area contributed by atoms with Gasteiger partial charge in [-0.3, -0.25) is 13.9 Å². The van der Waals surface area contributed by atoms with Crippen molar-refractivity contribution in [2.45, 2.75) is 57.6 Å². The summed E-state index contributed by atoms with van der Waals surface area (Å²) in [6.07, 6.45) is 0.571. The first-order valence-corrected chi connectivity index (χ1v) is 14.4. The Balaban J connectivity index is 2.07. The molecule has 1 N–H and O–H groups in total. The number of para-hydroxylation sites is 1. The largest absolute Gasteiger partial charge is 0.352 e. The Morgan fingerprint density at radius 1 is 0.868 bits per heavy atom. The molecule has 0 aromatic heterocycles. The summed E-state index contributed by atoms with van der Waals surface area (Å²) in [6, 6.07) is 21.2. The van der Waals surface area contributed by atoms with Crippen LogP contribution in [0.25, 0.3) is 0 Å². The molecule has 0 heterocycles. The van der Waals surface area contributed by atoms with Gasteiger partial charge in [0.15, 0.2) is 0 Å². The molecule has 0 aliphatic carbocycles. The Labute approximate surface area is 230 Å². The predicted octanol–water partition coefficient (Wildman–Crippen LogP) is 5.04. The van der Waals surface area contributed by atoms with Crippen molar-refractivity contribution in [1.82, 2.24) is 10.2 Å². The first-order chi connectivity index (χ1) is 18.1. The van der Waals surface area contributed by atoms with Crippen LogP contribution in [-0.4, -0.2) is 43.8 Å². The molecule has 0 aliphatic rings. The van der Waals surface area contributed by atoms with Crippen LogP contribution in [0.15, 0.2) is 83.8 Å². The lowest BCUT2D eigenvalue weighted by Crippen LogP contribution is -2.52. The van der Waals surface area contributed by atoms with Crippen LogP contribution >= 0.6 is 11.6 Å². The van der Waals surface area contributed by atoms with Crippen molar-refractivity contribution < 1.29 is 18.0 Å². The van der Waals surface area contributed by atoms with Gasteiger partial charge < -0.3 is 10.2 Å². The lowest BCUT2D eigenvalue weighted by Gasteiger charge is -2.33. The summed E-state index contributed by atoms with van der Waals surface area (Å²) in [5.74, 6) is -0.867. The zero-order valence-electron chi connectivity index (χ0n) is 22.1. The molecule has 0 aliphatic heterocycles. The summed E-state index contributed by atoms with van der Waals surface area (Å²) in [6.45, 7) is 6.78. The van der Waals surface area contributed by atoms with Gasteiger partial charge in [0.05, 0.1) is 10.6 Å². The summed E-state index contributed by atoms with van der Waals surface area (Å²) in [5, 5.41) is 3.29. The number of carbonyl (C=O) groups excluding carboxylic acids is 2. The van der Waals surface area contributed by atoms with Crippen molar-refractivity contribution in [3.63, 3.8) is 0 Å². The molecule has 1 atom stereocenters. The molecular formula is C29H34ClN3O4S. The third-order valence-electron chi connectivity index (χ3n) is 6.15. The molecule has 3 aromatic carbocycles. The second-order valence-corrected chi connectivity index (χ2v) is 11.5. The Morgan fingerprint density at radius 3 is 2.05 bits per heavy atom. The molecule has 0 saturated heterocycles. The SMILES string of the molecule is CCc1ccccc1N(CC(=O)N(Cc1ccccc1Cl)[C@H](C)C(=O)NC(C)C)S(=O)(=O)c1ccccc1. The van der Waals surface area contributed by atoms with Crippen LogP contribution in [0.2, 0.25) is 5.02 Å². The van der Waals surface area contributed by atoms with Crippen LogP contribution in [0.4, 0.5) is 5.69 Å². The highest BCUT2D eigenvalue weighted by atomic mass is 35.5. The maximum absolute atomic E-state index is 13.9. The number of amides is 2. The third-order valence-corrected chi connectivity index (χ3v) is 8.29. The van der Waals surface area contributed by atoms with E-state index in [-0.39, 0.29) is 23.4 Å². The Hall–Kier alpha value is -3.36. The van der Waals surface area contributed by atoms with E-state index >= 15 is 0 Å². The number of hydrogen-bond acceptors (Lipinski definition) is 4. The van der Waals surface area contributed by atoms with Gasteiger partial charge in [-0.2, -0.15) is 0 Å². The van der Waals surface area contributed by atoms with Gasteiger partial charge in [-0.1, -0.05) is 73.1 Å². The number of halogens is 1. The number of carbonyl (C=O) groups is 2.